The Morgan fingerprint density at radius 3 is 2.79 bits per heavy atom. The average Bonchev–Trinajstić information content (AvgIpc) is 2.85. The van der Waals surface area contributed by atoms with Crippen molar-refractivity contribution in [1.29, 1.82) is 0 Å². The van der Waals surface area contributed by atoms with Crippen molar-refractivity contribution in [2.24, 2.45) is 5.92 Å². The molecule has 1 aromatic heterocycles. The van der Waals surface area contributed by atoms with E-state index in [1.165, 1.54) is 0 Å². The number of ether oxygens (including phenoxy) is 1. The molecule has 0 radical (unpaired) electrons. The molecule has 0 saturated heterocycles. The fourth-order valence-electron chi connectivity index (χ4n) is 1.78. The van der Waals surface area contributed by atoms with Crippen molar-refractivity contribution < 1.29 is 4.74 Å². The second-order valence-electron chi connectivity index (χ2n) is 4.93. The molecule has 0 aliphatic carbocycles. The largest absolute Gasteiger partial charge is 0.491 e. The minimum absolute atomic E-state index is 0.483. The molecule has 1 heterocycles. The lowest BCUT2D eigenvalue weighted by Gasteiger charge is -2.13. The fourth-order valence-corrected chi connectivity index (χ4v) is 1.78. The summed E-state index contributed by atoms with van der Waals surface area (Å²) in [4.78, 5) is 0. The molecule has 19 heavy (non-hydrogen) atoms. The number of hydrogen-bond donors (Lipinski definition) is 0. The van der Waals surface area contributed by atoms with Gasteiger partial charge in [-0.25, -0.2) is 0 Å². The molecule has 2 aromatic rings. The van der Waals surface area contributed by atoms with E-state index < -0.39 is 0 Å². The van der Waals surface area contributed by atoms with Gasteiger partial charge in [-0.05, 0) is 34.9 Å². The molecule has 102 valence electrons. The molecule has 0 amide bonds. The van der Waals surface area contributed by atoms with Crippen molar-refractivity contribution in [3.63, 3.8) is 0 Å². The van der Waals surface area contributed by atoms with Crippen LogP contribution in [-0.2, 0) is 6.42 Å². The Bertz CT molecular complexity index is 522. The van der Waals surface area contributed by atoms with Crippen LogP contribution in [0.25, 0.3) is 5.69 Å². The van der Waals surface area contributed by atoms with E-state index >= 15 is 0 Å². The molecule has 1 aromatic carbocycles. The third-order valence-corrected chi connectivity index (χ3v) is 2.67. The highest BCUT2D eigenvalue weighted by atomic mass is 16.5. The molecule has 0 saturated carbocycles. The van der Waals surface area contributed by atoms with Gasteiger partial charge in [0.1, 0.15) is 11.4 Å². The quantitative estimate of drug-likeness (QED) is 0.801. The van der Waals surface area contributed by atoms with Crippen molar-refractivity contribution >= 4 is 0 Å². The molecule has 2 rings (SSSR count). The maximum atomic E-state index is 5.84. The standard InChI is InChI=1S/C14H20N4O/c1-4-7-14-15-16-17-18(14)12-8-5-6-9-13(12)19-10-11(2)3/h5-6,8-9,11H,4,7,10H2,1-3H3. The summed E-state index contributed by atoms with van der Waals surface area (Å²) >= 11 is 0. The average molecular weight is 260 g/mol. The zero-order valence-corrected chi connectivity index (χ0v) is 11.7. The summed E-state index contributed by atoms with van der Waals surface area (Å²) < 4.78 is 7.60. The van der Waals surface area contributed by atoms with Crippen LogP contribution in [0, 0.1) is 5.92 Å². The Labute approximate surface area is 113 Å². The van der Waals surface area contributed by atoms with Crippen LogP contribution in [0.15, 0.2) is 24.3 Å². The van der Waals surface area contributed by atoms with Crippen molar-refractivity contribution in [3.8, 4) is 11.4 Å². The summed E-state index contributed by atoms with van der Waals surface area (Å²) in [7, 11) is 0. The number of tetrazole rings is 1. The van der Waals surface area contributed by atoms with E-state index in [-0.39, 0.29) is 0 Å². The molecule has 5 nitrogen and oxygen atoms in total. The first-order chi connectivity index (χ1) is 9.22. The summed E-state index contributed by atoms with van der Waals surface area (Å²) in [5.41, 5.74) is 0.900. The number of aromatic nitrogens is 4. The number of para-hydroxylation sites is 2. The Kier molecular flexibility index (Phi) is 4.49. The highest BCUT2D eigenvalue weighted by Gasteiger charge is 2.12. The van der Waals surface area contributed by atoms with Crippen LogP contribution in [0.3, 0.4) is 0 Å². The second-order valence-corrected chi connectivity index (χ2v) is 4.93. The van der Waals surface area contributed by atoms with Crippen LogP contribution in [0.2, 0.25) is 0 Å². The number of aryl methyl sites for hydroxylation is 1. The number of nitrogens with zero attached hydrogens (tertiary/aromatic N) is 4. The number of hydrogen-bond acceptors (Lipinski definition) is 4. The molecular formula is C14H20N4O. The van der Waals surface area contributed by atoms with Gasteiger partial charge in [-0.3, -0.25) is 0 Å². The predicted octanol–water partition coefficient (Wildman–Crippen LogP) is 2.65. The molecular weight excluding hydrogens is 240 g/mol. The van der Waals surface area contributed by atoms with Gasteiger partial charge >= 0.3 is 0 Å². The molecule has 0 aliphatic heterocycles. The molecule has 0 bridgehead atoms. The molecule has 0 aliphatic rings. The summed E-state index contributed by atoms with van der Waals surface area (Å²) in [6, 6.07) is 7.86. The van der Waals surface area contributed by atoms with E-state index in [0.29, 0.717) is 12.5 Å². The van der Waals surface area contributed by atoms with Crippen LogP contribution < -0.4 is 4.74 Å². The van der Waals surface area contributed by atoms with Gasteiger partial charge in [0.05, 0.1) is 6.61 Å². The molecule has 0 unspecified atom stereocenters. The first kappa shape index (κ1) is 13.5. The van der Waals surface area contributed by atoms with Gasteiger partial charge in [0.15, 0.2) is 5.82 Å². The van der Waals surface area contributed by atoms with E-state index in [2.05, 4.69) is 36.3 Å². The third kappa shape index (κ3) is 3.30. The summed E-state index contributed by atoms with van der Waals surface area (Å²) in [5.74, 6) is 2.17. The third-order valence-electron chi connectivity index (χ3n) is 2.67. The molecule has 5 heteroatoms. The van der Waals surface area contributed by atoms with Crippen molar-refractivity contribution in [1.82, 2.24) is 20.2 Å². The highest BCUT2D eigenvalue weighted by molar-refractivity contribution is 5.46. The zero-order chi connectivity index (χ0) is 13.7. The van der Waals surface area contributed by atoms with Crippen LogP contribution in [-0.4, -0.2) is 26.8 Å². The van der Waals surface area contributed by atoms with Gasteiger partial charge in [-0.1, -0.05) is 32.9 Å². The van der Waals surface area contributed by atoms with Gasteiger partial charge in [0.25, 0.3) is 0 Å². The van der Waals surface area contributed by atoms with Gasteiger partial charge in [0, 0.05) is 6.42 Å². The summed E-state index contributed by atoms with van der Waals surface area (Å²) in [5, 5.41) is 11.9. The smallest absolute Gasteiger partial charge is 0.156 e. The molecule has 0 spiro atoms. The van der Waals surface area contributed by atoms with Gasteiger partial charge in [-0.15, -0.1) is 5.10 Å². The number of rotatable bonds is 6. The first-order valence-corrected chi connectivity index (χ1v) is 6.71. The molecule has 0 fully saturated rings. The SMILES string of the molecule is CCCc1nnnn1-c1ccccc1OCC(C)C. The van der Waals surface area contributed by atoms with Gasteiger partial charge in [-0.2, -0.15) is 4.68 Å². The van der Waals surface area contributed by atoms with E-state index in [0.717, 1.165) is 30.1 Å². The summed E-state index contributed by atoms with van der Waals surface area (Å²) in [6.07, 6.45) is 1.86. The lowest BCUT2D eigenvalue weighted by Crippen LogP contribution is -2.09. The van der Waals surface area contributed by atoms with Crippen molar-refractivity contribution in [3.05, 3.63) is 30.1 Å². The van der Waals surface area contributed by atoms with E-state index in [9.17, 15) is 0 Å². The Hall–Kier alpha value is -1.91. The van der Waals surface area contributed by atoms with Crippen molar-refractivity contribution in [2.45, 2.75) is 33.6 Å². The molecule has 0 atom stereocenters. The van der Waals surface area contributed by atoms with Gasteiger partial charge in [0.2, 0.25) is 0 Å². The molecule has 0 N–H and O–H groups in total. The lowest BCUT2D eigenvalue weighted by atomic mass is 10.2. The first-order valence-electron chi connectivity index (χ1n) is 6.71. The van der Waals surface area contributed by atoms with Crippen LogP contribution in [0.5, 0.6) is 5.75 Å². The fraction of sp³-hybridized carbons (Fsp3) is 0.500. The van der Waals surface area contributed by atoms with Gasteiger partial charge < -0.3 is 4.74 Å². The van der Waals surface area contributed by atoms with Crippen LogP contribution in [0.1, 0.15) is 33.0 Å². The second kappa shape index (κ2) is 6.31. The maximum absolute atomic E-state index is 5.84. The van der Waals surface area contributed by atoms with Crippen LogP contribution in [0.4, 0.5) is 0 Å². The van der Waals surface area contributed by atoms with Crippen molar-refractivity contribution in [2.75, 3.05) is 6.61 Å². The topological polar surface area (TPSA) is 52.8 Å². The number of benzene rings is 1. The Balaban J connectivity index is 2.30. The van der Waals surface area contributed by atoms with Crippen LogP contribution >= 0.6 is 0 Å². The van der Waals surface area contributed by atoms with E-state index in [4.69, 9.17) is 4.74 Å². The zero-order valence-electron chi connectivity index (χ0n) is 11.7. The normalized spacial score (nSPS) is 10.9. The summed E-state index contributed by atoms with van der Waals surface area (Å²) in [6.45, 7) is 7.05. The lowest BCUT2D eigenvalue weighted by molar-refractivity contribution is 0.270. The minimum Gasteiger partial charge on any atom is -0.491 e. The minimum atomic E-state index is 0.483. The monoisotopic (exact) mass is 260 g/mol. The Morgan fingerprint density at radius 2 is 2.05 bits per heavy atom. The predicted molar refractivity (Wildman–Crippen MR) is 73.5 cm³/mol. The van der Waals surface area contributed by atoms with E-state index in [1.807, 2.05) is 24.3 Å². The van der Waals surface area contributed by atoms with E-state index in [1.54, 1.807) is 4.68 Å². The highest BCUT2D eigenvalue weighted by Crippen LogP contribution is 2.23. The maximum Gasteiger partial charge on any atom is 0.156 e. The Morgan fingerprint density at radius 1 is 1.26 bits per heavy atom.